The van der Waals surface area contributed by atoms with Gasteiger partial charge in [0.2, 0.25) is 0 Å². The fourth-order valence-electron chi connectivity index (χ4n) is 4.13. The number of nitrogens with zero attached hydrogens (tertiary/aromatic N) is 3. The number of piperazine rings is 1. The fraction of sp³-hybridized carbons (Fsp3) is 0.375. The van der Waals surface area contributed by atoms with Crippen molar-refractivity contribution in [3.63, 3.8) is 0 Å². The Bertz CT molecular complexity index is 1270. The number of carbonyl (C=O) groups excluding carboxylic acids is 1. The summed E-state index contributed by atoms with van der Waals surface area (Å²) in [5.74, 6) is -1.21. The first kappa shape index (κ1) is 29.5. The van der Waals surface area contributed by atoms with Crippen LogP contribution in [0.1, 0.15) is 16.0 Å². The third kappa shape index (κ3) is 7.39. The zero-order valence-corrected chi connectivity index (χ0v) is 22.5. The van der Waals surface area contributed by atoms with Crippen molar-refractivity contribution in [3.8, 4) is 11.1 Å². The van der Waals surface area contributed by atoms with E-state index >= 15 is 0 Å². The molecule has 2 aliphatic heterocycles. The van der Waals surface area contributed by atoms with Crippen molar-refractivity contribution in [2.75, 3.05) is 45.8 Å². The van der Waals surface area contributed by atoms with Gasteiger partial charge >= 0.3 is 18.3 Å². The van der Waals surface area contributed by atoms with E-state index in [1.165, 1.54) is 22.4 Å². The van der Waals surface area contributed by atoms with Gasteiger partial charge in [0.05, 0.1) is 22.6 Å². The molecule has 1 amide bonds. The van der Waals surface area contributed by atoms with E-state index in [4.69, 9.17) is 17.3 Å². The Balaban J connectivity index is 1.44. The number of thiocarbonyl (C=S) groups is 1. The van der Waals surface area contributed by atoms with Crippen molar-refractivity contribution in [2.24, 2.45) is 0 Å². The normalized spacial score (nSPS) is 18.9. The van der Waals surface area contributed by atoms with Crippen molar-refractivity contribution in [2.45, 2.75) is 12.4 Å². The number of benzene rings is 1. The molecular weight excluding hydrogens is 588 g/mol. The smallest absolute Gasteiger partial charge is 0.416 e. The number of halogens is 6. The SMILES string of the molecule is O=C(O)CN1CCN(CCN2C(=O)/C(=C/c3cc(-c4cc(C(F)(F)F)cc(C(F)(F)F)c4)cs3)SC2=S)CC1. The van der Waals surface area contributed by atoms with Gasteiger partial charge in [0.25, 0.3) is 5.91 Å². The third-order valence-corrected chi connectivity index (χ3v) is 8.41. The molecule has 6 nitrogen and oxygen atoms in total. The molecule has 2 aliphatic rings. The molecule has 0 bridgehead atoms. The van der Waals surface area contributed by atoms with Crippen LogP contribution < -0.4 is 0 Å². The minimum Gasteiger partial charge on any atom is -0.480 e. The molecule has 1 N–H and O–H groups in total. The molecule has 0 atom stereocenters. The number of thiophene rings is 1. The Morgan fingerprint density at radius 1 is 0.923 bits per heavy atom. The van der Waals surface area contributed by atoms with Gasteiger partial charge in [-0.25, -0.2) is 0 Å². The summed E-state index contributed by atoms with van der Waals surface area (Å²) in [6.45, 7) is 3.36. The Morgan fingerprint density at radius 3 is 2.08 bits per heavy atom. The van der Waals surface area contributed by atoms with Crippen molar-refractivity contribution in [3.05, 3.63) is 50.6 Å². The lowest BCUT2D eigenvalue weighted by atomic mass is 10.0. The largest absolute Gasteiger partial charge is 0.480 e. The summed E-state index contributed by atoms with van der Waals surface area (Å²) < 4.78 is 79.7. The molecule has 0 unspecified atom stereocenters. The number of alkyl halides is 6. The molecule has 39 heavy (non-hydrogen) atoms. The predicted molar refractivity (Wildman–Crippen MR) is 140 cm³/mol. The van der Waals surface area contributed by atoms with E-state index in [-0.39, 0.29) is 29.6 Å². The van der Waals surface area contributed by atoms with Crippen LogP contribution in [0.4, 0.5) is 26.3 Å². The highest BCUT2D eigenvalue weighted by atomic mass is 32.2. The molecule has 1 aromatic heterocycles. The summed E-state index contributed by atoms with van der Waals surface area (Å²) in [5.41, 5.74) is -2.86. The van der Waals surface area contributed by atoms with Gasteiger partial charge in [-0.3, -0.25) is 24.3 Å². The molecule has 2 aromatic rings. The first-order valence-electron chi connectivity index (χ1n) is 11.5. The van der Waals surface area contributed by atoms with E-state index in [0.717, 1.165) is 23.1 Å². The second-order valence-electron chi connectivity index (χ2n) is 8.88. The van der Waals surface area contributed by atoms with Crippen LogP contribution >= 0.6 is 35.3 Å². The Labute approximate surface area is 232 Å². The van der Waals surface area contributed by atoms with Gasteiger partial charge in [0.1, 0.15) is 4.32 Å². The molecule has 2 saturated heterocycles. The number of aliphatic carboxylic acids is 1. The van der Waals surface area contributed by atoms with Crippen LogP contribution in [0.15, 0.2) is 34.6 Å². The van der Waals surface area contributed by atoms with Crippen LogP contribution in [-0.4, -0.2) is 81.8 Å². The predicted octanol–water partition coefficient (Wildman–Crippen LogP) is 5.36. The number of hydrogen-bond donors (Lipinski definition) is 1. The first-order chi connectivity index (χ1) is 18.2. The first-order valence-corrected chi connectivity index (χ1v) is 13.6. The van der Waals surface area contributed by atoms with Gasteiger partial charge in [0, 0.05) is 44.1 Å². The van der Waals surface area contributed by atoms with Gasteiger partial charge in [-0.1, -0.05) is 24.0 Å². The van der Waals surface area contributed by atoms with E-state index in [9.17, 15) is 35.9 Å². The maximum atomic E-state index is 13.2. The third-order valence-electron chi connectivity index (χ3n) is 6.15. The standard InChI is InChI=1S/C24H21F6N3O3S3/c25-23(26,27)16-7-14(8-17(10-16)24(28,29)30)15-9-18(38-13-15)11-19-21(36)33(22(37)39-19)6-5-31-1-3-32(4-2-31)12-20(34)35/h7-11,13H,1-6,12H2,(H,34,35)/b19-11-. The summed E-state index contributed by atoms with van der Waals surface area (Å²) in [4.78, 5) is 30.0. The van der Waals surface area contributed by atoms with Gasteiger partial charge in [-0.05, 0) is 46.8 Å². The lowest BCUT2D eigenvalue weighted by Gasteiger charge is -2.34. The van der Waals surface area contributed by atoms with Crippen LogP contribution in [0.2, 0.25) is 0 Å². The van der Waals surface area contributed by atoms with Crippen LogP contribution in [-0.2, 0) is 21.9 Å². The number of amides is 1. The number of carboxylic acids is 1. The molecule has 0 spiro atoms. The lowest BCUT2D eigenvalue weighted by molar-refractivity contribution is -0.143. The fourth-order valence-corrected chi connectivity index (χ4v) is 6.35. The zero-order valence-electron chi connectivity index (χ0n) is 20.0. The minimum absolute atomic E-state index is 0.0188. The molecule has 0 radical (unpaired) electrons. The summed E-state index contributed by atoms with van der Waals surface area (Å²) in [6, 6.07) is 2.85. The molecule has 3 heterocycles. The van der Waals surface area contributed by atoms with Crippen LogP contribution in [0.5, 0.6) is 0 Å². The van der Waals surface area contributed by atoms with E-state index in [0.29, 0.717) is 65.5 Å². The topological polar surface area (TPSA) is 64.1 Å². The van der Waals surface area contributed by atoms with E-state index in [2.05, 4.69) is 4.90 Å². The monoisotopic (exact) mass is 609 g/mol. The Kier molecular flexibility index (Phi) is 8.76. The molecule has 0 saturated carbocycles. The van der Waals surface area contributed by atoms with E-state index in [1.807, 2.05) is 4.90 Å². The number of rotatable bonds is 7. The lowest BCUT2D eigenvalue weighted by Crippen LogP contribution is -2.49. The average molecular weight is 610 g/mol. The number of carbonyl (C=O) groups is 2. The van der Waals surface area contributed by atoms with Crippen LogP contribution in [0, 0.1) is 0 Å². The highest BCUT2D eigenvalue weighted by Gasteiger charge is 2.37. The van der Waals surface area contributed by atoms with Crippen molar-refractivity contribution in [1.29, 1.82) is 0 Å². The quantitative estimate of drug-likeness (QED) is 0.258. The highest BCUT2D eigenvalue weighted by Crippen LogP contribution is 2.40. The molecule has 0 aliphatic carbocycles. The number of hydrogen-bond acceptors (Lipinski definition) is 7. The second kappa shape index (κ2) is 11.6. The second-order valence-corrected chi connectivity index (χ2v) is 11.5. The van der Waals surface area contributed by atoms with Gasteiger partial charge in [-0.15, -0.1) is 11.3 Å². The molecule has 4 rings (SSSR count). The van der Waals surface area contributed by atoms with Crippen LogP contribution in [0.25, 0.3) is 17.2 Å². The molecule has 2 fully saturated rings. The maximum absolute atomic E-state index is 13.2. The minimum atomic E-state index is -4.95. The summed E-state index contributed by atoms with van der Waals surface area (Å²) in [6.07, 6.45) is -8.37. The molecule has 210 valence electrons. The summed E-state index contributed by atoms with van der Waals surface area (Å²) >= 11 is 7.50. The van der Waals surface area contributed by atoms with E-state index in [1.54, 1.807) is 0 Å². The van der Waals surface area contributed by atoms with Crippen LogP contribution in [0.3, 0.4) is 0 Å². The Morgan fingerprint density at radius 2 is 1.51 bits per heavy atom. The molecule has 1 aromatic carbocycles. The van der Waals surface area contributed by atoms with Gasteiger partial charge in [0.15, 0.2) is 0 Å². The summed E-state index contributed by atoms with van der Waals surface area (Å²) in [7, 11) is 0. The van der Waals surface area contributed by atoms with Gasteiger partial charge < -0.3 is 5.11 Å². The number of carboxylic acid groups (broad SMARTS) is 1. The Hall–Kier alpha value is -2.46. The maximum Gasteiger partial charge on any atom is 0.416 e. The average Bonchev–Trinajstić information content (AvgIpc) is 3.41. The highest BCUT2D eigenvalue weighted by molar-refractivity contribution is 8.26. The van der Waals surface area contributed by atoms with Crippen molar-refractivity contribution >= 4 is 57.6 Å². The molecular formula is C24H21F6N3O3S3. The molecule has 15 heteroatoms. The van der Waals surface area contributed by atoms with Gasteiger partial charge in [-0.2, -0.15) is 26.3 Å². The zero-order chi connectivity index (χ0) is 28.5. The van der Waals surface area contributed by atoms with Crippen molar-refractivity contribution in [1.82, 2.24) is 14.7 Å². The number of thioether (sulfide) groups is 1. The summed E-state index contributed by atoms with van der Waals surface area (Å²) in [5, 5.41) is 10.3. The van der Waals surface area contributed by atoms with E-state index < -0.39 is 29.4 Å². The van der Waals surface area contributed by atoms with Crippen molar-refractivity contribution < 1.29 is 41.0 Å².